The van der Waals surface area contributed by atoms with E-state index in [9.17, 15) is 0 Å². The van der Waals surface area contributed by atoms with E-state index in [1.54, 1.807) is 7.11 Å². The molecule has 1 aromatic rings. The number of nitrogens with one attached hydrogen (secondary N) is 1. The summed E-state index contributed by atoms with van der Waals surface area (Å²) in [5.74, 6) is 0.970. The second kappa shape index (κ2) is 5.75. The number of hydrogen-bond donors (Lipinski definition) is 1. The Morgan fingerprint density at radius 2 is 2.28 bits per heavy atom. The predicted molar refractivity (Wildman–Crippen MR) is 76.1 cm³/mol. The standard InChI is InChI=1S/C16H25NO/c1-4-17-14-8-9-16(2,12-14)11-13-6-5-7-15(10-13)18-3/h5-7,10,14,17H,4,8-9,11-12H2,1-3H3. The van der Waals surface area contributed by atoms with Gasteiger partial charge < -0.3 is 10.1 Å². The van der Waals surface area contributed by atoms with Crippen molar-refractivity contribution in [2.45, 2.75) is 45.6 Å². The summed E-state index contributed by atoms with van der Waals surface area (Å²) in [6.07, 6.45) is 5.08. The van der Waals surface area contributed by atoms with Crippen LogP contribution in [0.1, 0.15) is 38.7 Å². The van der Waals surface area contributed by atoms with Gasteiger partial charge in [-0.05, 0) is 55.3 Å². The molecule has 0 heterocycles. The average molecular weight is 247 g/mol. The van der Waals surface area contributed by atoms with E-state index in [-0.39, 0.29) is 0 Å². The lowest BCUT2D eigenvalue weighted by atomic mass is 9.82. The number of rotatable bonds is 5. The van der Waals surface area contributed by atoms with Crippen LogP contribution in [0.5, 0.6) is 5.75 Å². The van der Waals surface area contributed by atoms with Crippen LogP contribution in [0.4, 0.5) is 0 Å². The van der Waals surface area contributed by atoms with E-state index in [1.807, 2.05) is 6.07 Å². The molecule has 1 N–H and O–H groups in total. The second-order valence-electron chi connectivity index (χ2n) is 5.84. The first kappa shape index (κ1) is 13.4. The van der Waals surface area contributed by atoms with Crippen molar-refractivity contribution in [2.75, 3.05) is 13.7 Å². The van der Waals surface area contributed by atoms with Crippen LogP contribution in [0.3, 0.4) is 0 Å². The fraction of sp³-hybridized carbons (Fsp3) is 0.625. The minimum atomic E-state index is 0.444. The topological polar surface area (TPSA) is 21.3 Å². The highest BCUT2D eigenvalue weighted by atomic mass is 16.5. The van der Waals surface area contributed by atoms with E-state index in [1.165, 1.54) is 24.8 Å². The molecule has 2 rings (SSSR count). The first-order valence-electron chi connectivity index (χ1n) is 7.01. The van der Waals surface area contributed by atoms with Gasteiger partial charge in [0.15, 0.2) is 0 Å². The van der Waals surface area contributed by atoms with Crippen LogP contribution in [0, 0.1) is 5.41 Å². The molecule has 0 bridgehead atoms. The van der Waals surface area contributed by atoms with Gasteiger partial charge in [0.1, 0.15) is 5.75 Å². The Labute approximate surface area is 111 Å². The molecule has 1 fully saturated rings. The van der Waals surface area contributed by atoms with Gasteiger partial charge in [0.05, 0.1) is 7.11 Å². The van der Waals surface area contributed by atoms with Gasteiger partial charge in [-0.2, -0.15) is 0 Å². The molecule has 2 unspecified atom stereocenters. The SMILES string of the molecule is CCNC1CCC(C)(Cc2cccc(OC)c2)C1. The van der Waals surface area contributed by atoms with Crippen LogP contribution in [0.2, 0.25) is 0 Å². The Hall–Kier alpha value is -1.02. The summed E-state index contributed by atoms with van der Waals surface area (Å²) in [6.45, 7) is 5.70. The molecule has 0 saturated heterocycles. The molecule has 18 heavy (non-hydrogen) atoms. The number of methoxy groups -OCH3 is 1. The molecule has 2 heteroatoms. The fourth-order valence-electron chi connectivity index (χ4n) is 3.22. The third-order valence-electron chi connectivity index (χ3n) is 4.09. The lowest BCUT2D eigenvalue weighted by molar-refractivity contribution is 0.322. The zero-order valence-corrected chi connectivity index (χ0v) is 11.8. The molecule has 0 amide bonds. The Bertz CT molecular complexity index is 390. The molecule has 1 saturated carbocycles. The van der Waals surface area contributed by atoms with E-state index in [0.717, 1.165) is 18.7 Å². The zero-order valence-electron chi connectivity index (χ0n) is 11.8. The van der Waals surface area contributed by atoms with Crippen LogP contribution in [-0.2, 0) is 6.42 Å². The molecule has 1 aliphatic rings. The third kappa shape index (κ3) is 3.26. The Balaban J connectivity index is 2.00. The van der Waals surface area contributed by atoms with E-state index in [2.05, 4.69) is 37.4 Å². The number of benzene rings is 1. The fourth-order valence-corrected chi connectivity index (χ4v) is 3.22. The summed E-state index contributed by atoms with van der Waals surface area (Å²) in [5.41, 5.74) is 1.84. The van der Waals surface area contributed by atoms with Crippen LogP contribution < -0.4 is 10.1 Å². The summed E-state index contributed by atoms with van der Waals surface area (Å²) in [6, 6.07) is 9.21. The van der Waals surface area contributed by atoms with Crippen LogP contribution >= 0.6 is 0 Å². The normalized spacial score (nSPS) is 27.4. The van der Waals surface area contributed by atoms with Gasteiger partial charge in [-0.3, -0.25) is 0 Å². The lowest BCUT2D eigenvalue weighted by Crippen LogP contribution is -2.28. The van der Waals surface area contributed by atoms with Crippen molar-refractivity contribution in [2.24, 2.45) is 5.41 Å². The van der Waals surface area contributed by atoms with Gasteiger partial charge in [0.25, 0.3) is 0 Å². The van der Waals surface area contributed by atoms with Crippen molar-refractivity contribution >= 4 is 0 Å². The molecule has 100 valence electrons. The number of ether oxygens (including phenoxy) is 1. The van der Waals surface area contributed by atoms with Gasteiger partial charge in [0.2, 0.25) is 0 Å². The van der Waals surface area contributed by atoms with E-state index in [4.69, 9.17) is 4.74 Å². The molecule has 0 spiro atoms. The smallest absolute Gasteiger partial charge is 0.119 e. The molecule has 2 nitrogen and oxygen atoms in total. The number of hydrogen-bond acceptors (Lipinski definition) is 2. The maximum Gasteiger partial charge on any atom is 0.119 e. The molecular weight excluding hydrogens is 222 g/mol. The van der Waals surface area contributed by atoms with Gasteiger partial charge in [-0.15, -0.1) is 0 Å². The Kier molecular flexibility index (Phi) is 4.28. The van der Waals surface area contributed by atoms with Gasteiger partial charge >= 0.3 is 0 Å². The maximum atomic E-state index is 5.30. The third-order valence-corrected chi connectivity index (χ3v) is 4.09. The summed E-state index contributed by atoms with van der Waals surface area (Å²) in [7, 11) is 1.73. The van der Waals surface area contributed by atoms with Crippen molar-refractivity contribution in [3.05, 3.63) is 29.8 Å². The molecule has 0 aliphatic heterocycles. The summed E-state index contributed by atoms with van der Waals surface area (Å²) >= 11 is 0. The highest BCUT2D eigenvalue weighted by molar-refractivity contribution is 5.29. The quantitative estimate of drug-likeness (QED) is 0.861. The zero-order chi connectivity index (χ0) is 13.0. The second-order valence-corrected chi connectivity index (χ2v) is 5.84. The molecule has 1 aliphatic carbocycles. The minimum Gasteiger partial charge on any atom is -0.497 e. The monoisotopic (exact) mass is 247 g/mol. The van der Waals surface area contributed by atoms with Gasteiger partial charge in [-0.1, -0.05) is 26.0 Å². The summed E-state index contributed by atoms with van der Waals surface area (Å²) in [5, 5.41) is 3.58. The largest absolute Gasteiger partial charge is 0.497 e. The van der Waals surface area contributed by atoms with Crippen molar-refractivity contribution in [3.63, 3.8) is 0 Å². The highest BCUT2D eigenvalue weighted by Gasteiger charge is 2.34. The molecule has 2 atom stereocenters. The first-order valence-corrected chi connectivity index (χ1v) is 7.01. The van der Waals surface area contributed by atoms with Crippen LogP contribution in [0.15, 0.2) is 24.3 Å². The van der Waals surface area contributed by atoms with E-state index in [0.29, 0.717) is 11.5 Å². The lowest BCUT2D eigenvalue weighted by Gasteiger charge is -2.24. The van der Waals surface area contributed by atoms with Crippen molar-refractivity contribution in [1.82, 2.24) is 5.32 Å². The summed E-state index contributed by atoms with van der Waals surface area (Å²) < 4.78 is 5.30. The molecule has 0 aromatic heterocycles. The van der Waals surface area contributed by atoms with E-state index < -0.39 is 0 Å². The first-order chi connectivity index (χ1) is 8.65. The molecule has 0 radical (unpaired) electrons. The Morgan fingerprint density at radius 3 is 3.00 bits per heavy atom. The average Bonchev–Trinajstić information content (AvgIpc) is 2.71. The van der Waals surface area contributed by atoms with Crippen LogP contribution in [-0.4, -0.2) is 19.7 Å². The van der Waals surface area contributed by atoms with Crippen LogP contribution in [0.25, 0.3) is 0 Å². The van der Waals surface area contributed by atoms with Crippen molar-refractivity contribution in [3.8, 4) is 5.75 Å². The van der Waals surface area contributed by atoms with E-state index >= 15 is 0 Å². The molecule has 1 aromatic carbocycles. The highest BCUT2D eigenvalue weighted by Crippen LogP contribution is 2.40. The minimum absolute atomic E-state index is 0.444. The Morgan fingerprint density at radius 1 is 1.44 bits per heavy atom. The molecular formula is C16H25NO. The summed E-state index contributed by atoms with van der Waals surface area (Å²) in [4.78, 5) is 0. The predicted octanol–water partition coefficient (Wildman–Crippen LogP) is 3.41. The van der Waals surface area contributed by atoms with Crippen molar-refractivity contribution < 1.29 is 4.74 Å². The maximum absolute atomic E-state index is 5.30. The van der Waals surface area contributed by atoms with Gasteiger partial charge in [-0.25, -0.2) is 0 Å². The van der Waals surface area contributed by atoms with Gasteiger partial charge in [0, 0.05) is 6.04 Å². The van der Waals surface area contributed by atoms with Crippen molar-refractivity contribution in [1.29, 1.82) is 0 Å².